The van der Waals surface area contributed by atoms with Crippen LogP contribution in [0.2, 0.25) is 0 Å². The van der Waals surface area contributed by atoms with Crippen molar-refractivity contribution < 1.29 is 9.47 Å². The van der Waals surface area contributed by atoms with E-state index in [0.717, 1.165) is 51.7 Å². The second-order valence-electron chi connectivity index (χ2n) is 12.5. The van der Waals surface area contributed by atoms with E-state index in [1.807, 2.05) is 24.5 Å². The molecule has 0 N–H and O–H groups in total. The van der Waals surface area contributed by atoms with Crippen molar-refractivity contribution in [3.8, 4) is 23.0 Å². The van der Waals surface area contributed by atoms with Gasteiger partial charge in [-0.3, -0.25) is 4.98 Å². The van der Waals surface area contributed by atoms with Crippen molar-refractivity contribution in [3.63, 3.8) is 0 Å². The monoisotopic (exact) mass is 585 g/mol. The Balaban J connectivity index is 1.10. The summed E-state index contributed by atoms with van der Waals surface area (Å²) in [4.78, 5) is 4.36. The third kappa shape index (κ3) is 7.09. The molecule has 0 unspecified atom stereocenters. The zero-order valence-electron chi connectivity index (χ0n) is 26.5. The molecule has 0 saturated carbocycles. The molecule has 44 heavy (non-hydrogen) atoms. The lowest BCUT2D eigenvalue weighted by atomic mass is 9.82. The number of hydrogen-bond acceptors (Lipinski definition) is 3. The molecule has 0 spiro atoms. The third-order valence-corrected chi connectivity index (χ3v) is 9.19. The van der Waals surface area contributed by atoms with Crippen molar-refractivity contribution in [3.05, 3.63) is 113 Å². The molecule has 0 aliphatic carbocycles. The van der Waals surface area contributed by atoms with E-state index < -0.39 is 0 Å². The molecule has 3 aromatic carbocycles. The van der Waals surface area contributed by atoms with Crippen LogP contribution in [-0.4, -0.2) is 4.98 Å². The number of nitrogens with zero attached hydrogens (tertiary/aromatic N) is 1. The maximum atomic E-state index is 6.56. The Morgan fingerprint density at radius 1 is 0.477 bits per heavy atom. The van der Waals surface area contributed by atoms with E-state index in [0.29, 0.717) is 0 Å². The summed E-state index contributed by atoms with van der Waals surface area (Å²) in [6, 6.07) is 25.6. The Kier molecular flexibility index (Phi) is 10.5. The number of hydrogen-bond donors (Lipinski definition) is 0. The van der Waals surface area contributed by atoms with Gasteiger partial charge in [0.1, 0.15) is 17.2 Å². The molecule has 0 bridgehead atoms. The second-order valence-corrected chi connectivity index (χ2v) is 12.5. The Labute approximate surface area is 264 Å². The minimum absolute atomic E-state index is 0.786. The summed E-state index contributed by atoms with van der Waals surface area (Å²) in [6.07, 6.45) is 24.2. The molecular formula is C41H47NO2. The summed E-state index contributed by atoms with van der Waals surface area (Å²) in [7, 11) is 0. The van der Waals surface area contributed by atoms with Gasteiger partial charge in [-0.05, 0) is 42.7 Å². The average Bonchev–Trinajstić information content (AvgIpc) is 3.06. The number of benzene rings is 3. The van der Waals surface area contributed by atoms with Gasteiger partial charge in [0.15, 0.2) is 5.75 Å². The second kappa shape index (κ2) is 15.2. The van der Waals surface area contributed by atoms with Crippen LogP contribution < -0.4 is 9.47 Å². The zero-order chi connectivity index (χ0) is 30.0. The SMILES string of the molecule is CCCCCCCCCCCCCCCCc1ccc2c(c1)Oc1ccccc1/C2=C1/c2ccccc2Oc2cnccc21. The van der Waals surface area contributed by atoms with Crippen LogP contribution in [0.5, 0.6) is 23.0 Å². The van der Waals surface area contributed by atoms with E-state index in [2.05, 4.69) is 72.6 Å². The van der Waals surface area contributed by atoms with Gasteiger partial charge in [0, 0.05) is 39.6 Å². The average molecular weight is 586 g/mol. The molecule has 1 aromatic heterocycles. The van der Waals surface area contributed by atoms with Gasteiger partial charge in [-0.15, -0.1) is 0 Å². The first-order valence-electron chi connectivity index (χ1n) is 17.2. The summed E-state index contributed by atoms with van der Waals surface area (Å²) in [5, 5.41) is 0. The zero-order valence-corrected chi connectivity index (χ0v) is 26.5. The quantitative estimate of drug-likeness (QED) is 0.112. The summed E-state index contributed by atoms with van der Waals surface area (Å²) >= 11 is 0. The molecule has 3 nitrogen and oxygen atoms in total. The number of fused-ring (bicyclic) bond motifs is 4. The van der Waals surface area contributed by atoms with E-state index in [-0.39, 0.29) is 0 Å². The van der Waals surface area contributed by atoms with Crippen LogP contribution in [-0.2, 0) is 6.42 Å². The summed E-state index contributed by atoms with van der Waals surface area (Å²) < 4.78 is 12.8. The maximum absolute atomic E-state index is 6.56. The number of aryl methyl sites for hydroxylation is 1. The number of pyridine rings is 1. The number of para-hydroxylation sites is 2. The summed E-state index contributed by atoms with van der Waals surface area (Å²) in [6.45, 7) is 2.29. The molecule has 228 valence electrons. The first kappa shape index (κ1) is 30.2. The van der Waals surface area contributed by atoms with Gasteiger partial charge in [-0.25, -0.2) is 0 Å². The Morgan fingerprint density at radius 2 is 0.977 bits per heavy atom. The first-order chi connectivity index (χ1) is 21.8. The normalized spacial score (nSPS) is 14.6. The van der Waals surface area contributed by atoms with E-state index in [1.54, 1.807) is 0 Å². The highest BCUT2D eigenvalue weighted by atomic mass is 16.5. The minimum atomic E-state index is 0.786. The van der Waals surface area contributed by atoms with Crippen molar-refractivity contribution in [1.82, 2.24) is 4.98 Å². The highest BCUT2D eigenvalue weighted by Crippen LogP contribution is 2.53. The maximum Gasteiger partial charge on any atom is 0.153 e. The molecule has 0 fully saturated rings. The van der Waals surface area contributed by atoms with Crippen LogP contribution >= 0.6 is 0 Å². The predicted molar refractivity (Wildman–Crippen MR) is 183 cm³/mol. The van der Waals surface area contributed by atoms with Gasteiger partial charge in [0.2, 0.25) is 0 Å². The number of aromatic nitrogens is 1. The van der Waals surface area contributed by atoms with Crippen LogP contribution in [0.25, 0.3) is 11.1 Å². The predicted octanol–water partition coefficient (Wildman–Crippen LogP) is 12.3. The summed E-state index contributed by atoms with van der Waals surface area (Å²) in [5.41, 5.74) is 8.09. The smallest absolute Gasteiger partial charge is 0.153 e. The molecular weight excluding hydrogens is 538 g/mol. The van der Waals surface area contributed by atoms with E-state index in [9.17, 15) is 0 Å². The van der Waals surface area contributed by atoms with Gasteiger partial charge in [-0.2, -0.15) is 0 Å². The lowest BCUT2D eigenvalue weighted by molar-refractivity contribution is 0.469. The topological polar surface area (TPSA) is 31.4 Å². The Morgan fingerprint density at radius 3 is 1.59 bits per heavy atom. The molecule has 0 radical (unpaired) electrons. The molecule has 2 aliphatic rings. The van der Waals surface area contributed by atoms with Crippen molar-refractivity contribution in [2.45, 2.75) is 103 Å². The van der Waals surface area contributed by atoms with Gasteiger partial charge < -0.3 is 9.47 Å². The van der Waals surface area contributed by atoms with Crippen LogP contribution in [0.15, 0.2) is 85.2 Å². The van der Waals surface area contributed by atoms with Crippen molar-refractivity contribution in [1.29, 1.82) is 0 Å². The lowest BCUT2D eigenvalue weighted by Gasteiger charge is -2.29. The van der Waals surface area contributed by atoms with E-state index in [1.165, 1.54) is 107 Å². The molecule has 3 heteroatoms. The van der Waals surface area contributed by atoms with E-state index in [4.69, 9.17) is 9.47 Å². The highest BCUT2D eigenvalue weighted by molar-refractivity contribution is 6.09. The molecule has 4 aromatic rings. The van der Waals surface area contributed by atoms with Crippen LogP contribution in [0.4, 0.5) is 0 Å². The summed E-state index contributed by atoms with van der Waals surface area (Å²) in [5.74, 6) is 3.48. The van der Waals surface area contributed by atoms with Gasteiger partial charge in [0.25, 0.3) is 0 Å². The van der Waals surface area contributed by atoms with Gasteiger partial charge in [-0.1, -0.05) is 139 Å². The molecule has 0 saturated heterocycles. The molecule has 6 rings (SSSR count). The minimum Gasteiger partial charge on any atom is -0.456 e. The number of unbranched alkanes of at least 4 members (excludes halogenated alkanes) is 13. The fraction of sp³-hybridized carbons (Fsp3) is 0.390. The lowest BCUT2D eigenvalue weighted by Crippen LogP contribution is -2.09. The molecule has 0 amide bonds. The highest BCUT2D eigenvalue weighted by Gasteiger charge is 2.31. The molecule has 3 heterocycles. The van der Waals surface area contributed by atoms with Crippen LogP contribution in [0.3, 0.4) is 0 Å². The standard InChI is InChI=1S/C41H47NO2/c1-2-3-4-5-6-7-8-9-10-11-12-13-14-15-20-31-25-26-34-38(29-31)43-36-23-18-16-21-32(36)40(34)41-33-22-17-19-24-37(33)44-39-30-42-28-27-35(39)41/h16-19,21-30H,2-15,20H2,1H3/b41-40+. The first-order valence-corrected chi connectivity index (χ1v) is 17.2. The third-order valence-electron chi connectivity index (χ3n) is 9.19. The van der Waals surface area contributed by atoms with Gasteiger partial charge >= 0.3 is 0 Å². The van der Waals surface area contributed by atoms with Crippen LogP contribution in [0.1, 0.15) is 125 Å². The fourth-order valence-corrected chi connectivity index (χ4v) is 6.79. The largest absolute Gasteiger partial charge is 0.456 e. The molecule has 2 aliphatic heterocycles. The van der Waals surface area contributed by atoms with Crippen molar-refractivity contribution in [2.24, 2.45) is 0 Å². The van der Waals surface area contributed by atoms with Crippen LogP contribution in [0, 0.1) is 0 Å². The number of rotatable bonds is 15. The molecule has 0 atom stereocenters. The Hall–Kier alpha value is -3.85. The van der Waals surface area contributed by atoms with Gasteiger partial charge in [0.05, 0.1) is 6.20 Å². The van der Waals surface area contributed by atoms with E-state index >= 15 is 0 Å². The van der Waals surface area contributed by atoms with Crippen molar-refractivity contribution >= 4 is 11.1 Å². The number of ether oxygens (including phenoxy) is 2. The van der Waals surface area contributed by atoms with Crippen molar-refractivity contribution in [2.75, 3.05) is 0 Å². The fourth-order valence-electron chi connectivity index (χ4n) is 6.79. The Bertz CT molecular complexity index is 1520.